The molecule has 1 atom stereocenters. The fourth-order valence-corrected chi connectivity index (χ4v) is 1.78. The number of hydrogen-bond donors (Lipinski definition) is 0. The first kappa shape index (κ1) is 12.0. The molecule has 5 nitrogen and oxygen atoms in total. The van der Waals surface area contributed by atoms with E-state index in [0.29, 0.717) is 13.1 Å². The molecule has 1 amide bonds. The highest BCUT2D eigenvalue weighted by Crippen LogP contribution is 2.17. The second kappa shape index (κ2) is 5.70. The predicted molar refractivity (Wildman–Crippen MR) is 53.2 cm³/mol. The van der Waals surface area contributed by atoms with Gasteiger partial charge in [0.15, 0.2) is 0 Å². The molecule has 15 heavy (non-hydrogen) atoms. The average Bonchev–Trinajstić information content (AvgIpc) is 2.28. The number of likely N-dealkylation sites (tertiary alicyclic amines) is 1. The van der Waals surface area contributed by atoms with Crippen LogP contribution in [0.1, 0.15) is 12.8 Å². The van der Waals surface area contributed by atoms with Crippen molar-refractivity contribution in [1.82, 2.24) is 4.90 Å². The zero-order chi connectivity index (χ0) is 11.3. The molecule has 0 aliphatic carbocycles. The number of ether oxygens (including phenoxy) is 2. The summed E-state index contributed by atoms with van der Waals surface area (Å²) < 4.78 is 9.44. The van der Waals surface area contributed by atoms with Gasteiger partial charge >= 0.3 is 5.97 Å². The normalized spacial score (nSPS) is 21.2. The van der Waals surface area contributed by atoms with Gasteiger partial charge in [0.05, 0.1) is 13.0 Å². The van der Waals surface area contributed by atoms with Crippen LogP contribution in [0.4, 0.5) is 0 Å². The third-order valence-electron chi connectivity index (χ3n) is 2.58. The van der Waals surface area contributed by atoms with Gasteiger partial charge in [0.1, 0.15) is 6.61 Å². The van der Waals surface area contributed by atoms with E-state index >= 15 is 0 Å². The van der Waals surface area contributed by atoms with Crippen molar-refractivity contribution in [1.29, 1.82) is 0 Å². The van der Waals surface area contributed by atoms with E-state index in [9.17, 15) is 9.59 Å². The summed E-state index contributed by atoms with van der Waals surface area (Å²) in [6, 6.07) is 0. The standard InChI is InChI=1S/C10H17NO4/c1-14-7-9(12)11-5-3-4-8(6-11)10(13)15-2/h8H,3-7H2,1-2H3. The number of nitrogens with zero attached hydrogens (tertiary/aromatic N) is 1. The SMILES string of the molecule is COCC(=O)N1CCCC(C(=O)OC)C1. The van der Waals surface area contributed by atoms with E-state index in [-0.39, 0.29) is 24.4 Å². The summed E-state index contributed by atoms with van der Waals surface area (Å²) in [6.45, 7) is 1.23. The second-order valence-corrected chi connectivity index (χ2v) is 3.64. The summed E-state index contributed by atoms with van der Waals surface area (Å²) in [4.78, 5) is 24.5. The molecule has 1 saturated heterocycles. The van der Waals surface area contributed by atoms with Crippen LogP contribution in [0.2, 0.25) is 0 Å². The van der Waals surface area contributed by atoms with E-state index in [1.165, 1.54) is 14.2 Å². The Morgan fingerprint density at radius 3 is 2.73 bits per heavy atom. The van der Waals surface area contributed by atoms with Gasteiger partial charge in [-0.2, -0.15) is 0 Å². The average molecular weight is 215 g/mol. The van der Waals surface area contributed by atoms with Crippen molar-refractivity contribution >= 4 is 11.9 Å². The minimum absolute atomic E-state index is 0.0638. The highest BCUT2D eigenvalue weighted by Gasteiger charge is 2.28. The van der Waals surface area contributed by atoms with Crippen LogP contribution in [-0.2, 0) is 19.1 Å². The Balaban J connectivity index is 2.48. The lowest BCUT2D eigenvalue weighted by atomic mass is 9.98. The molecule has 0 spiro atoms. The Morgan fingerprint density at radius 2 is 2.13 bits per heavy atom. The van der Waals surface area contributed by atoms with Gasteiger partial charge in [-0.05, 0) is 12.8 Å². The first-order chi connectivity index (χ1) is 7.19. The van der Waals surface area contributed by atoms with Crippen molar-refractivity contribution in [2.75, 3.05) is 33.9 Å². The minimum atomic E-state index is -0.232. The van der Waals surface area contributed by atoms with Crippen LogP contribution < -0.4 is 0 Å². The lowest BCUT2D eigenvalue weighted by Gasteiger charge is -2.31. The van der Waals surface area contributed by atoms with Crippen LogP contribution >= 0.6 is 0 Å². The van der Waals surface area contributed by atoms with Gasteiger partial charge in [-0.15, -0.1) is 0 Å². The van der Waals surface area contributed by atoms with Gasteiger partial charge in [0.25, 0.3) is 0 Å². The van der Waals surface area contributed by atoms with Crippen molar-refractivity contribution in [3.63, 3.8) is 0 Å². The maximum absolute atomic E-state index is 11.5. The fraction of sp³-hybridized carbons (Fsp3) is 0.800. The lowest BCUT2D eigenvalue weighted by Crippen LogP contribution is -2.44. The van der Waals surface area contributed by atoms with Gasteiger partial charge < -0.3 is 14.4 Å². The summed E-state index contributed by atoms with van der Waals surface area (Å²) >= 11 is 0. The smallest absolute Gasteiger partial charge is 0.310 e. The largest absolute Gasteiger partial charge is 0.469 e. The maximum atomic E-state index is 11.5. The Kier molecular flexibility index (Phi) is 4.55. The number of hydrogen-bond acceptors (Lipinski definition) is 4. The number of esters is 1. The van der Waals surface area contributed by atoms with Gasteiger partial charge in [0, 0.05) is 20.2 Å². The Hall–Kier alpha value is -1.10. The van der Waals surface area contributed by atoms with Gasteiger partial charge in [-0.3, -0.25) is 9.59 Å². The first-order valence-corrected chi connectivity index (χ1v) is 5.03. The third-order valence-corrected chi connectivity index (χ3v) is 2.58. The van der Waals surface area contributed by atoms with Crippen molar-refractivity contribution in [2.45, 2.75) is 12.8 Å². The molecule has 0 radical (unpaired) electrons. The number of carbonyl (C=O) groups is 2. The van der Waals surface area contributed by atoms with E-state index in [1.807, 2.05) is 0 Å². The molecule has 0 aromatic rings. The summed E-state index contributed by atoms with van der Waals surface area (Å²) in [5, 5.41) is 0. The molecule has 1 heterocycles. The molecule has 0 aromatic heterocycles. The van der Waals surface area contributed by atoms with Gasteiger partial charge in [-0.1, -0.05) is 0 Å². The zero-order valence-corrected chi connectivity index (χ0v) is 9.19. The van der Waals surface area contributed by atoms with Crippen LogP contribution in [0.15, 0.2) is 0 Å². The number of amides is 1. The molecule has 0 aromatic carbocycles. The molecule has 0 N–H and O–H groups in total. The fourth-order valence-electron chi connectivity index (χ4n) is 1.78. The molecular weight excluding hydrogens is 198 g/mol. The Morgan fingerprint density at radius 1 is 1.40 bits per heavy atom. The number of carbonyl (C=O) groups excluding carboxylic acids is 2. The molecule has 1 aliphatic heterocycles. The second-order valence-electron chi connectivity index (χ2n) is 3.64. The van der Waals surface area contributed by atoms with Crippen molar-refractivity contribution in [2.24, 2.45) is 5.92 Å². The van der Waals surface area contributed by atoms with E-state index < -0.39 is 0 Å². The molecule has 1 unspecified atom stereocenters. The minimum Gasteiger partial charge on any atom is -0.469 e. The van der Waals surface area contributed by atoms with Gasteiger partial charge in [0.2, 0.25) is 5.91 Å². The molecule has 5 heteroatoms. The van der Waals surface area contributed by atoms with Crippen LogP contribution in [-0.4, -0.2) is 50.7 Å². The first-order valence-electron chi connectivity index (χ1n) is 5.03. The summed E-state index contributed by atoms with van der Waals surface area (Å²) in [6.07, 6.45) is 1.64. The van der Waals surface area contributed by atoms with E-state index in [1.54, 1.807) is 4.90 Å². The topological polar surface area (TPSA) is 55.8 Å². The molecule has 1 rings (SSSR count). The lowest BCUT2D eigenvalue weighted by molar-refractivity contribution is -0.149. The maximum Gasteiger partial charge on any atom is 0.310 e. The van der Waals surface area contributed by atoms with Crippen molar-refractivity contribution < 1.29 is 19.1 Å². The van der Waals surface area contributed by atoms with Crippen LogP contribution in [0.3, 0.4) is 0 Å². The molecule has 0 saturated carbocycles. The molecule has 1 aliphatic rings. The number of methoxy groups -OCH3 is 2. The molecular formula is C10H17NO4. The Labute approximate surface area is 89.3 Å². The van der Waals surface area contributed by atoms with Crippen LogP contribution in [0.25, 0.3) is 0 Å². The van der Waals surface area contributed by atoms with E-state index in [4.69, 9.17) is 4.74 Å². The number of piperidine rings is 1. The summed E-state index contributed by atoms with van der Waals surface area (Å²) in [7, 11) is 2.86. The highest BCUT2D eigenvalue weighted by atomic mass is 16.5. The van der Waals surface area contributed by atoms with Crippen molar-refractivity contribution in [3.05, 3.63) is 0 Å². The van der Waals surface area contributed by atoms with Gasteiger partial charge in [-0.25, -0.2) is 0 Å². The molecule has 86 valence electrons. The van der Waals surface area contributed by atoms with E-state index in [2.05, 4.69) is 4.74 Å². The third kappa shape index (κ3) is 3.20. The zero-order valence-electron chi connectivity index (χ0n) is 9.19. The quantitative estimate of drug-likeness (QED) is 0.624. The summed E-state index contributed by atoms with van der Waals surface area (Å²) in [5.74, 6) is -0.472. The summed E-state index contributed by atoms with van der Waals surface area (Å²) in [5.41, 5.74) is 0. The highest BCUT2D eigenvalue weighted by molar-refractivity contribution is 5.79. The van der Waals surface area contributed by atoms with Crippen LogP contribution in [0.5, 0.6) is 0 Å². The Bertz CT molecular complexity index is 242. The number of rotatable bonds is 3. The van der Waals surface area contributed by atoms with E-state index in [0.717, 1.165) is 12.8 Å². The monoisotopic (exact) mass is 215 g/mol. The molecule has 1 fully saturated rings. The van der Waals surface area contributed by atoms with Crippen LogP contribution in [0, 0.1) is 5.92 Å². The molecule has 0 bridgehead atoms. The van der Waals surface area contributed by atoms with Crippen molar-refractivity contribution in [3.8, 4) is 0 Å². The predicted octanol–water partition coefficient (Wildman–Crippen LogP) is 0.0444.